The number of rotatable bonds is 2. The van der Waals surface area contributed by atoms with Crippen LogP contribution in [0.2, 0.25) is 5.02 Å². The summed E-state index contributed by atoms with van der Waals surface area (Å²) in [5.41, 5.74) is 2.17. The van der Waals surface area contributed by atoms with Crippen molar-refractivity contribution in [3.8, 4) is 0 Å². The smallest absolute Gasteiger partial charge is 0.343 e. The van der Waals surface area contributed by atoms with Gasteiger partial charge in [-0.3, -0.25) is 0 Å². The molecule has 20 heavy (non-hydrogen) atoms. The Morgan fingerprint density at radius 1 is 0.950 bits per heavy atom. The summed E-state index contributed by atoms with van der Waals surface area (Å²) in [6, 6.07) is 16.9. The molecule has 0 saturated heterocycles. The Kier molecular flexibility index (Phi) is 3.40. The van der Waals surface area contributed by atoms with Crippen LogP contribution in [0.25, 0.3) is 11.8 Å². The Hall–Kier alpha value is -2.32. The van der Waals surface area contributed by atoms with E-state index in [2.05, 4.69) is 0 Å². The molecule has 0 aliphatic carbocycles. The van der Waals surface area contributed by atoms with Crippen molar-refractivity contribution in [2.45, 2.75) is 0 Å². The standard InChI is InChI=1S/C17H11ClO2/c18-15-9-5-4-8-13(15)10-14-11-16(20-17(14)19)12-6-2-1-3-7-12/h1-11H/b14-10+. The molecule has 0 atom stereocenters. The van der Waals surface area contributed by atoms with E-state index in [0.29, 0.717) is 16.4 Å². The third-order valence-corrected chi connectivity index (χ3v) is 3.34. The monoisotopic (exact) mass is 282 g/mol. The maximum atomic E-state index is 11.9. The van der Waals surface area contributed by atoms with Crippen molar-refractivity contribution >= 4 is 29.4 Å². The second kappa shape index (κ2) is 5.35. The normalized spacial score (nSPS) is 16.1. The summed E-state index contributed by atoms with van der Waals surface area (Å²) in [7, 11) is 0. The fourth-order valence-corrected chi connectivity index (χ4v) is 2.18. The number of esters is 1. The van der Waals surface area contributed by atoms with E-state index in [1.54, 1.807) is 18.2 Å². The summed E-state index contributed by atoms with van der Waals surface area (Å²) in [5, 5.41) is 0.606. The maximum Gasteiger partial charge on any atom is 0.343 e. The average molecular weight is 283 g/mol. The SMILES string of the molecule is O=C1OC(c2ccccc2)=C/C1=C\c1ccccc1Cl. The Morgan fingerprint density at radius 3 is 2.40 bits per heavy atom. The molecule has 0 spiro atoms. The minimum absolute atomic E-state index is 0.358. The second-order valence-corrected chi connectivity index (χ2v) is 4.79. The molecule has 0 fully saturated rings. The van der Waals surface area contributed by atoms with Crippen LogP contribution in [-0.4, -0.2) is 5.97 Å². The number of hydrogen-bond acceptors (Lipinski definition) is 2. The number of halogens is 1. The van der Waals surface area contributed by atoms with E-state index in [0.717, 1.165) is 11.1 Å². The van der Waals surface area contributed by atoms with Crippen molar-refractivity contribution in [3.63, 3.8) is 0 Å². The summed E-state index contributed by atoms with van der Waals surface area (Å²) in [6.07, 6.45) is 3.47. The Morgan fingerprint density at radius 2 is 1.65 bits per heavy atom. The van der Waals surface area contributed by atoms with Gasteiger partial charge in [-0.15, -0.1) is 0 Å². The van der Waals surface area contributed by atoms with E-state index in [1.165, 1.54) is 0 Å². The van der Waals surface area contributed by atoms with Crippen LogP contribution in [0.4, 0.5) is 0 Å². The number of ether oxygens (including phenoxy) is 1. The van der Waals surface area contributed by atoms with E-state index < -0.39 is 0 Å². The van der Waals surface area contributed by atoms with Gasteiger partial charge in [-0.25, -0.2) is 4.79 Å². The van der Waals surface area contributed by atoms with Gasteiger partial charge in [0.05, 0.1) is 5.57 Å². The molecule has 2 aromatic carbocycles. The summed E-state index contributed by atoms with van der Waals surface area (Å²) < 4.78 is 5.28. The van der Waals surface area contributed by atoms with Gasteiger partial charge in [0, 0.05) is 10.6 Å². The van der Waals surface area contributed by atoms with Crippen molar-refractivity contribution in [1.82, 2.24) is 0 Å². The number of carbonyl (C=O) groups is 1. The zero-order valence-corrected chi connectivity index (χ0v) is 11.3. The van der Waals surface area contributed by atoms with E-state index in [4.69, 9.17) is 16.3 Å². The quantitative estimate of drug-likeness (QED) is 0.606. The lowest BCUT2D eigenvalue weighted by atomic mass is 10.1. The molecular formula is C17H11ClO2. The molecular weight excluding hydrogens is 272 g/mol. The number of benzene rings is 2. The van der Waals surface area contributed by atoms with Crippen molar-refractivity contribution in [1.29, 1.82) is 0 Å². The maximum absolute atomic E-state index is 11.9. The molecule has 0 aromatic heterocycles. The van der Waals surface area contributed by atoms with Gasteiger partial charge in [-0.1, -0.05) is 60.1 Å². The minimum Gasteiger partial charge on any atom is -0.422 e. The highest BCUT2D eigenvalue weighted by molar-refractivity contribution is 6.32. The molecule has 1 aliphatic heterocycles. The number of carbonyl (C=O) groups excluding carboxylic acids is 1. The Bertz CT molecular complexity index is 715. The molecule has 0 radical (unpaired) electrons. The predicted molar refractivity (Wildman–Crippen MR) is 79.9 cm³/mol. The van der Waals surface area contributed by atoms with Crippen LogP contribution in [0.15, 0.2) is 66.2 Å². The van der Waals surface area contributed by atoms with E-state index in [1.807, 2.05) is 48.5 Å². The van der Waals surface area contributed by atoms with Gasteiger partial charge >= 0.3 is 5.97 Å². The molecule has 0 amide bonds. The molecule has 2 nitrogen and oxygen atoms in total. The van der Waals surface area contributed by atoms with Gasteiger partial charge in [-0.2, -0.15) is 0 Å². The molecule has 0 N–H and O–H groups in total. The summed E-state index contributed by atoms with van der Waals surface area (Å²) in [5.74, 6) is 0.206. The highest BCUT2D eigenvalue weighted by atomic mass is 35.5. The lowest BCUT2D eigenvalue weighted by molar-refractivity contribution is -0.130. The minimum atomic E-state index is -0.358. The van der Waals surface area contributed by atoms with E-state index >= 15 is 0 Å². The first-order valence-corrected chi connectivity index (χ1v) is 6.57. The summed E-state index contributed by atoms with van der Waals surface area (Å²) in [6.45, 7) is 0. The van der Waals surface area contributed by atoms with Gasteiger partial charge in [0.2, 0.25) is 0 Å². The molecule has 0 saturated carbocycles. The summed E-state index contributed by atoms with van der Waals surface area (Å²) >= 11 is 6.09. The predicted octanol–water partition coefficient (Wildman–Crippen LogP) is 4.32. The molecule has 98 valence electrons. The molecule has 0 bridgehead atoms. The average Bonchev–Trinajstić information content (AvgIpc) is 2.84. The van der Waals surface area contributed by atoms with Crippen LogP contribution in [-0.2, 0) is 9.53 Å². The Labute approximate surface area is 122 Å². The van der Waals surface area contributed by atoms with Gasteiger partial charge in [0.15, 0.2) is 0 Å². The zero-order chi connectivity index (χ0) is 13.9. The fraction of sp³-hybridized carbons (Fsp3) is 0. The zero-order valence-electron chi connectivity index (χ0n) is 10.5. The lowest BCUT2D eigenvalue weighted by Crippen LogP contribution is -1.97. The molecule has 2 aromatic rings. The van der Waals surface area contributed by atoms with Gasteiger partial charge in [0.1, 0.15) is 5.76 Å². The van der Waals surface area contributed by atoms with Crippen molar-refractivity contribution in [3.05, 3.63) is 82.4 Å². The van der Waals surface area contributed by atoms with Crippen molar-refractivity contribution in [2.24, 2.45) is 0 Å². The van der Waals surface area contributed by atoms with Crippen molar-refractivity contribution < 1.29 is 9.53 Å². The fourth-order valence-electron chi connectivity index (χ4n) is 1.99. The molecule has 3 rings (SSSR count). The number of hydrogen-bond donors (Lipinski definition) is 0. The third-order valence-electron chi connectivity index (χ3n) is 3.00. The second-order valence-electron chi connectivity index (χ2n) is 4.39. The van der Waals surface area contributed by atoms with E-state index in [-0.39, 0.29) is 5.97 Å². The third kappa shape index (κ3) is 2.51. The van der Waals surface area contributed by atoms with E-state index in [9.17, 15) is 4.79 Å². The van der Waals surface area contributed by atoms with Crippen LogP contribution in [0.1, 0.15) is 11.1 Å². The first-order valence-electron chi connectivity index (χ1n) is 6.19. The molecule has 1 aliphatic rings. The Balaban J connectivity index is 1.97. The molecule has 0 unspecified atom stereocenters. The highest BCUT2D eigenvalue weighted by Gasteiger charge is 2.21. The van der Waals surface area contributed by atoms with Crippen LogP contribution in [0.5, 0.6) is 0 Å². The highest BCUT2D eigenvalue weighted by Crippen LogP contribution is 2.28. The van der Waals surface area contributed by atoms with Crippen LogP contribution >= 0.6 is 11.6 Å². The largest absolute Gasteiger partial charge is 0.422 e. The lowest BCUT2D eigenvalue weighted by Gasteiger charge is -2.00. The van der Waals surface area contributed by atoms with Crippen LogP contribution < -0.4 is 0 Å². The molecule has 1 heterocycles. The van der Waals surface area contributed by atoms with Gasteiger partial charge < -0.3 is 4.74 Å². The van der Waals surface area contributed by atoms with Gasteiger partial charge in [0.25, 0.3) is 0 Å². The first-order chi connectivity index (χ1) is 9.74. The number of cyclic esters (lactones) is 1. The topological polar surface area (TPSA) is 26.3 Å². The first kappa shape index (κ1) is 12.7. The van der Waals surface area contributed by atoms with Crippen LogP contribution in [0.3, 0.4) is 0 Å². The summed E-state index contributed by atoms with van der Waals surface area (Å²) in [4.78, 5) is 11.9. The van der Waals surface area contributed by atoms with Crippen LogP contribution in [0, 0.1) is 0 Å². The van der Waals surface area contributed by atoms with Crippen molar-refractivity contribution in [2.75, 3.05) is 0 Å². The van der Waals surface area contributed by atoms with Gasteiger partial charge in [-0.05, 0) is 23.8 Å². The molecule has 3 heteroatoms.